The molecule has 0 saturated carbocycles. The summed E-state index contributed by atoms with van der Waals surface area (Å²) in [6, 6.07) is 14.4. The van der Waals surface area contributed by atoms with Crippen LogP contribution in [-0.4, -0.2) is 56.1 Å². The maximum Gasteiger partial charge on any atom is 0.243 e. The fourth-order valence-electron chi connectivity index (χ4n) is 3.07. The van der Waals surface area contributed by atoms with Crippen molar-refractivity contribution in [1.29, 1.82) is 0 Å². The highest BCUT2D eigenvalue weighted by molar-refractivity contribution is 7.89. The van der Waals surface area contributed by atoms with Crippen LogP contribution in [0.2, 0.25) is 0 Å². The molecule has 6 heteroatoms. The molecule has 2 aromatic carbocycles. The quantitative estimate of drug-likeness (QED) is 0.757. The fraction of sp³-hybridized carbons (Fsp3) is 0.350. The molecule has 0 spiro atoms. The van der Waals surface area contributed by atoms with Crippen LogP contribution in [0.1, 0.15) is 21.5 Å². The first-order valence-corrected chi connectivity index (χ1v) is 10.2. The van der Waals surface area contributed by atoms with Crippen molar-refractivity contribution in [2.75, 3.05) is 32.7 Å². The standard InChI is InChI=1S/C20H24N2O3S/c1-16-8-9-19(14-17(16)2)26(24,25)22-12-10-21(11-13-22)15-20(23)18-6-4-3-5-7-18/h3-9,14H,10-13,15H2,1-2H3. The molecular weight excluding hydrogens is 348 g/mol. The van der Waals surface area contributed by atoms with Gasteiger partial charge in [0.25, 0.3) is 0 Å². The average molecular weight is 372 g/mol. The predicted octanol–water partition coefficient (Wildman–Crippen LogP) is 2.49. The summed E-state index contributed by atoms with van der Waals surface area (Å²) >= 11 is 0. The SMILES string of the molecule is Cc1ccc(S(=O)(=O)N2CCN(CC(=O)c3ccccc3)CC2)cc1C. The molecule has 0 amide bonds. The summed E-state index contributed by atoms with van der Waals surface area (Å²) in [5.41, 5.74) is 2.74. The van der Waals surface area contributed by atoms with Gasteiger partial charge in [-0.1, -0.05) is 36.4 Å². The number of rotatable bonds is 5. The lowest BCUT2D eigenvalue weighted by molar-refractivity contribution is 0.0901. The van der Waals surface area contributed by atoms with E-state index in [0.717, 1.165) is 11.1 Å². The first-order chi connectivity index (χ1) is 12.4. The summed E-state index contributed by atoms with van der Waals surface area (Å²) < 4.78 is 27.2. The first kappa shape index (κ1) is 18.8. The zero-order valence-electron chi connectivity index (χ0n) is 15.2. The second-order valence-corrected chi connectivity index (χ2v) is 8.65. The molecule has 1 aliphatic rings. The van der Waals surface area contributed by atoms with Gasteiger partial charge in [-0.25, -0.2) is 8.42 Å². The Hall–Kier alpha value is -2.02. The molecule has 1 saturated heterocycles. The largest absolute Gasteiger partial charge is 0.293 e. The van der Waals surface area contributed by atoms with E-state index in [0.29, 0.717) is 43.2 Å². The third-order valence-electron chi connectivity index (χ3n) is 4.91. The topological polar surface area (TPSA) is 57.7 Å². The number of carbonyl (C=O) groups excluding carboxylic acids is 1. The third kappa shape index (κ3) is 4.03. The lowest BCUT2D eigenvalue weighted by atomic mass is 10.1. The van der Waals surface area contributed by atoms with E-state index >= 15 is 0 Å². The molecular formula is C20H24N2O3S. The van der Waals surface area contributed by atoms with Crippen molar-refractivity contribution in [3.63, 3.8) is 0 Å². The number of hydrogen-bond donors (Lipinski definition) is 0. The van der Waals surface area contributed by atoms with Gasteiger partial charge >= 0.3 is 0 Å². The number of ketones is 1. The van der Waals surface area contributed by atoms with Gasteiger partial charge in [-0.15, -0.1) is 0 Å². The Morgan fingerprint density at radius 2 is 1.58 bits per heavy atom. The van der Waals surface area contributed by atoms with E-state index in [1.807, 2.05) is 55.1 Å². The van der Waals surface area contributed by atoms with Crippen LogP contribution in [0, 0.1) is 13.8 Å². The number of aryl methyl sites for hydroxylation is 2. The molecule has 0 aromatic heterocycles. The maximum absolute atomic E-state index is 12.8. The summed E-state index contributed by atoms with van der Waals surface area (Å²) in [5, 5.41) is 0. The van der Waals surface area contributed by atoms with Crippen molar-refractivity contribution in [3.05, 3.63) is 65.2 Å². The molecule has 0 radical (unpaired) electrons. The average Bonchev–Trinajstić information content (AvgIpc) is 2.65. The Bertz CT molecular complexity index is 887. The van der Waals surface area contributed by atoms with E-state index in [4.69, 9.17) is 0 Å². The zero-order valence-corrected chi connectivity index (χ0v) is 16.0. The number of benzene rings is 2. The first-order valence-electron chi connectivity index (χ1n) is 8.76. The molecule has 3 rings (SSSR count). The van der Waals surface area contributed by atoms with Crippen LogP contribution in [0.25, 0.3) is 0 Å². The molecule has 1 heterocycles. The minimum atomic E-state index is -3.48. The Morgan fingerprint density at radius 3 is 2.19 bits per heavy atom. The van der Waals surface area contributed by atoms with Crippen molar-refractivity contribution in [3.8, 4) is 0 Å². The molecule has 5 nitrogen and oxygen atoms in total. The van der Waals surface area contributed by atoms with Crippen molar-refractivity contribution >= 4 is 15.8 Å². The van der Waals surface area contributed by atoms with Gasteiger partial charge in [-0.3, -0.25) is 9.69 Å². The molecule has 0 unspecified atom stereocenters. The molecule has 1 fully saturated rings. The minimum absolute atomic E-state index is 0.0658. The van der Waals surface area contributed by atoms with E-state index in [-0.39, 0.29) is 5.78 Å². The van der Waals surface area contributed by atoms with Gasteiger partial charge in [0.05, 0.1) is 11.4 Å². The molecule has 138 valence electrons. The predicted molar refractivity (Wildman–Crippen MR) is 102 cm³/mol. The second kappa shape index (κ2) is 7.70. The van der Waals surface area contributed by atoms with Gasteiger partial charge in [0.1, 0.15) is 0 Å². The van der Waals surface area contributed by atoms with Gasteiger partial charge in [0, 0.05) is 31.7 Å². The van der Waals surface area contributed by atoms with E-state index in [1.54, 1.807) is 12.1 Å². The van der Waals surface area contributed by atoms with Gasteiger partial charge < -0.3 is 0 Å². The van der Waals surface area contributed by atoms with Crippen LogP contribution >= 0.6 is 0 Å². The Labute approximate surface area is 155 Å². The van der Waals surface area contributed by atoms with Gasteiger partial charge in [0.15, 0.2) is 5.78 Å². The number of hydrogen-bond acceptors (Lipinski definition) is 4. The summed E-state index contributed by atoms with van der Waals surface area (Å²) in [7, 11) is -3.48. The number of nitrogens with zero attached hydrogens (tertiary/aromatic N) is 2. The van der Waals surface area contributed by atoms with Crippen LogP contribution in [0.5, 0.6) is 0 Å². The van der Waals surface area contributed by atoms with Crippen molar-refractivity contribution < 1.29 is 13.2 Å². The smallest absolute Gasteiger partial charge is 0.243 e. The van der Waals surface area contributed by atoms with Crippen LogP contribution in [-0.2, 0) is 10.0 Å². The summed E-state index contributed by atoms with van der Waals surface area (Å²) in [5.74, 6) is 0.0658. The Morgan fingerprint density at radius 1 is 0.923 bits per heavy atom. The maximum atomic E-state index is 12.8. The highest BCUT2D eigenvalue weighted by Crippen LogP contribution is 2.20. The monoisotopic (exact) mass is 372 g/mol. The van der Waals surface area contributed by atoms with Crippen LogP contribution in [0.4, 0.5) is 0 Å². The van der Waals surface area contributed by atoms with Gasteiger partial charge in [0.2, 0.25) is 10.0 Å². The van der Waals surface area contributed by atoms with Crippen molar-refractivity contribution in [2.24, 2.45) is 0 Å². The van der Waals surface area contributed by atoms with Gasteiger partial charge in [-0.2, -0.15) is 4.31 Å². The van der Waals surface area contributed by atoms with Crippen LogP contribution < -0.4 is 0 Å². The Kier molecular flexibility index (Phi) is 5.55. The molecule has 0 atom stereocenters. The Balaban J connectivity index is 1.62. The lowest BCUT2D eigenvalue weighted by Crippen LogP contribution is -2.49. The normalized spacial score (nSPS) is 16.5. The number of piperazine rings is 1. The van der Waals surface area contributed by atoms with Crippen molar-refractivity contribution in [2.45, 2.75) is 18.7 Å². The molecule has 1 aliphatic heterocycles. The molecule has 2 aromatic rings. The number of Topliss-reactive ketones (excluding diaryl/α,β-unsaturated/α-hetero) is 1. The van der Waals surface area contributed by atoms with E-state index in [2.05, 4.69) is 0 Å². The van der Waals surface area contributed by atoms with Crippen LogP contribution in [0.15, 0.2) is 53.4 Å². The molecule has 0 aliphatic carbocycles. The zero-order chi connectivity index (χ0) is 18.7. The van der Waals surface area contributed by atoms with Gasteiger partial charge in [-0.05, 0) is 37.1 Å². The van der Waals surface area contributed by atoms with Crippen molar-refractivity contribution in [1.82, 2.24) is 9.21 Å². The highest BCUT2D eigenvalue weighted by Gasteiger charge is 2.29. The highest BCUT2D eigenvalue weighted by atomic mass is 32.2. The molecule has 0 bridgehead atoms. The number of sulfonamides is 1. The fourth-order valence-corrected chi connectivity index (χ4v) is 4.58. The lowest BCUT2D eigenvalue weighted by Gasteiger charge is -2.33. The molecule has 26 heavy (non-hydrogen) atoms. The summed E-state index contributed by atoms with van der Waals surface area (Å²) in [4.78, 5) is 14.7. The summed E-state index contributed by atoms with van der Waals surface area (Å²) in [6.07, 6.45) is 0. The minimum Gasteiger partial charge on any atom is -0.293 e. The second-order valence-electron chi connectivity index (χ2n) is 6.72. The van der Waals surface area contributed by atoms with E-state index < -0.39 is 10.0 Å². The van der Waals surface area contributed by atoms with E-state index in [1.165, 1.54) is 4.31 Å². The van der Waals surface area contributed by atoms with Crippen LogP contribution in [0.3, 0.4) is 0 Å². The third-order valence-corrected chi connectivity index (χ3v) is 6.81. The number of carbonyl (C=O) groups is 1. The summed E-state index contributed by atoms with van der Waals surface area (Å²) in [6.45, 7) is 6.12. The van der Waals surface area contributed by atoms with E-state index in [9.17, 15) is 13.2 Å². The molecule has 0 N–H and O–H groups in total.